The Labute approximate surface area is 214 Å². The molecule has 5 nitrogen and oxygen atoms in total. The SMILES string of the molecule is CCCOc1c(C)cc(-c2cc3c(cc2F)[C@H](N(C(=O)O)[C@@H]2CN4CCC2CC4)C(C)(C)C3)cc1C. The van der Waals surface area contributed by atoms with Crippen molar-refractivity contribution in [3.05, 3.63) is 52.3 Å². The molecule has 0 saturated carbocycles. The van der Waals surface area contributed by atoms with Crippen molar-refractivity contribution >= 4 is 6.09 Å². The molecule has 194 valence electrons. The van der Waals surface area contributed by atoms with Crippen LogP contribution in [-0.2, 0) is 6.42 Å². The summed E-state index contributed by atoms with van der Waals surface area (Å²) in [6.45, 7) is 13.9. The average Bonchev–Trinajstić information content (AvgIpc) is 3.08. The van der Waals surface area contributed by atoms with Gasteiger partial charge in [0.2, 0.25) is 0 Å². The Morgan fingerprint density at radius 3 is 2.39 bits per heavy atom. The Hall–Kier alpha value is -2.60. The van der Waals surface area contributed by atoms with Crippen LogP contribution < -0.4 is 4.74 Å². The number of rotatable bonds is 6. The fourth-order valence-electron chi connectivity index (χ4n) is 7.03. The zero-order valence-corrected chi connectivity index (χ0v) is 22.2. The first kappa shape index (κ1) is 25.1. The highest BCUT2D eigenvalue weighted by molar-refractivity contribution is 5.71. The largest absolute Gasteiger partial charge is 0.493 e. The van der Waals surface area contributed by atoms with E-state index in [0.29, 0.717) is 18.1 Å². The van der Waals surface area contributed by atoms with Gasteiger partial charge in [0.05, 0.1) is 18.7 Å². The van der Waals surface area contributed by atoms with E-state index in [1.807, 2.05) is 32.0 Å². The van der Waals surface area contributed by atoms with Crippen molar-refractivity contribution in [1.29, 1.82) is 0 Å². The Balaban J connectivity index is 1.53. The Morgan fingerprint density at radius 2 is 1.83 bits per heavy atom. The third kappa shape index (κ3) is 4.27. The van der Waals surface area contributed by atoms with Gasteiger partial charge in [-0.15, -0.1) is 0 Å². The summed E-state index contributed by atoms with van der Waals surface area (Å²) in [4.78, 5) is 16.8. The number of benzene rings is 2. The van der Waals surface area contributed by atoms with Crippen LogP contribution in [0.25, 0.3) is 11.1 Å². The van der Waals surface area contributed by atoms with Gasteiger partial charge >= 0.3 is 6.09 Å². The van der Waals surface area contributed by atoms with Crippen LogP contribution in [0.4, 0.5) is 9.18 Å². The van der Waals surface area contributed by atoms with Crippen molar-refractivity contribution in [3.63, 3.8) is 0 Å². The summed E-state index contributed by atoms with van der Waals surface area (Å²) >= 11 is 0. The molecule has 4 aliphatic rings. The molecule has 0 unspecified atom stereocenters. The maximum absolute atomic E-state index is 15.8. The second-order valence-corrected chi connectivity index (χ2v) is 11.8. The number of nitrogens with zero attached hydrogens (tertiary/aromatic N) is 2. The van der Waals surface area contributed by atoms with Crippen molar-refractivity contribution in [2.24, 2.45) is 11.3 Å². The molecule has 36 heavy (non-hydrogen) atoms. The molecular formula is C30H39FN2O3. The lowest BCUT2D eigenvalue weighted by Gasteiger charge is -2.51. The van der Waals surface area contributed by atoms with Crippen LogP contribution in [-0.4, -0.2) is 53.3 Å². The molecule has 0 radical (unpaired) electrons. The maximum Gasteiger partial charge on any atom is 0.408 e. The predicted octanol–water partition coefficient (Wildman–Crippen LogP) is 6.60. The van der Waals surface area contributed by atoms with Crippen LogP contribution in [0.15, 0.2) is 24.3 Å². The van der Waals surface area contributed by atoms with Gasteiger partial charge in [-0.3, -0.25) is 4.90 Å². The minimum absolute atomic E-state index is 0.0380. The smallest absolute Gasteiger partial charge is 0.408 e. The number of carboxylic acid groups (broad SMARTS) is 1. The van der Waals surface area contributed by atoms with Gasteiger partial charge in [0.1, 0.15) is 11.6 Å². The van der Waals surface area contributed by atoms with Crippen molar-refractivity contribution in [2.45, 2.75) is 72.4 Å². The van der Waals surface area contributed by atoms with Gasteiger partial charge in [-0.2, -0.15) is 0 Å². The van der Waals surface area contributed by atoms with E-state index in [0.717, 1.165) is 78.9 Å². The van der Waals surface area contributed by atoms with Crippen LogP contribution in [0.3, 0.4) is 0 Å². The zero-order valence-electron chi connectivity index (χ0n) is 22.2. The quantitative estimate of drug-likeness (QED) is 0.492. The molecule has 1 N–H and O–H groups in total. The van der Waals surface area contributed by atoms with E-state index in [-0.39, 0.29) is 23.3 Å². The van der Waals surface area contributed by atoms with Crippen LogP contribution in [0, 0.1) is 31.0 Å². The number of piperidine rings is 3. The summed E-state index contributed by atoms with van der Waals surface area (Å²) in [5.41, 5.74) is 4.96. The van der Waals surface area contributed by atoms with Crippen LogP contribution in [0.5, 0.6) is 5.75 Å². The summed E-state index contributed by atoms with van der Waals surface area (Å²) in [6.07, 6.45) is 2.85. The topological polar surface area (TPSA) is 53.0 Å². The second-order valence-electron chi connectivity index (χ2n) is 11.8. The fourth-order valence-corrected chi connectivity index (χ4v) is 7.03. The van der Waals surface area contributed by atoms with E-state index >= 15 is 4.39 Å². The zero-order chi connectivity index (χ0) is 25.8. The Kier molecular flexibility index (Phi) is 6.52. The summed E-state index contributed by atoms with van der Waals surface area (Å²) in [5.74, 6) is 0.962. The standard InChI is InChI=1S/C30H39FN2O3/c1-6-11-36-27-18(2)12-21(13-19(27)3)23-14-22-16-30(4,5)28(24(22)15-25(23)31)33(29(34)35)26-17-32-9-7-20(26)8-10-32/h12-15,20,26,28H,6-11,16-17H2,1-5H3,(H,34,35)/t26-,28+/m1/s1. The summed E-state index contributed by atoms with van der Waals surface area (Å²) in [5, 5.41) is 10.4. The van der Waals surface area contributed by atoms with Gasteiger partial charge < -0.3 is 14.7 Å². The molecule has 3 aliphatic heterocycles. The molecule has 6 rings (SSSR count). The molecule has 2 bridgehead atoms. The van der Waals surface area contributed by atoms with Gasteiger partial charge in [0, 0.05) is 12.1 Å². The highest BCUT2D eigenvalue weighted by Gasteiger charge is 2.50. The molecule has 2 atom stereocenters. The first-order valence-electron chi connectivity index (χ1n) is 13.4. The lowest BCUT2D eigenvalue weighted by molar-refractivity contribution is -0.0267. The van der Waals surface area contributed by atoms with Gasteiger partial charge in [-0.25, -0.2) is 9.18 Å². The molecule has 3 saturated heterocycles. The third-order valence-electron chi connectivity index (χ3n) is 8.61. The Morgan fingerprint density at radius 1 is 1.17 bits per heavy atom. The number of carbonyl (C=O) groups is 1. The average molecular weight is 495 g/mol. The molecule has 0 spiro atoms. The number of aryl methyl sites for hydroxylation is 2. The van der Waals surface area contributed by atoms with Crippen molar-refractivity contribution in [3.8, 4) is 16.9 Å². The van der Waals surface area contributed by atoms with Crippen molar-refractivity contribution in [2.75, 3.05) is 26.2 Å². The molecule has 3 fully saturated rings. The lowest BCUT2D eigenvalue weighted by Crippen LogP contribution is -2.60. The molecule has 0 aromatic heterocycles. The minimum Gasteiger partial charge on any atom is -0.493 e. The molecule has 1 aliphatic carbocycles. The summed E-state index contributed by atoms with van der Waals surface area (Å²) < 4.78 is 21.7. The highest BCUT2D eigenvalue weighted by atomic mass is 19.1. The monoisotopic (exact) mass is 494 g/mol. The molecular weight excluding hydrogens is 455 g/mol. The first-order chi connectivity index (χ1) is 17.1. The number of fused-ring (bicyclic) bond motifs is 4. The van der Waals surface area contributed by atoms with E-state index in [9.17, 15) is 9.90 Å². The molecule has 6 heteroatoms. The number of hydrogen-bond donors (Lipinski definition) is 1. The predicted molar refractivity (Wildman–Crippen MR) is 140 cm³/mol. The normalized spacial score (nSPS) is 26.1. The van der Waals surface area contributed by atoms with Crippen LogP contribution in [0.2, 0.25) is 0 Å². The van der Waals surface area contributed by atoms with E-state index in [1.54, 1.807) is 11.0 Å². The number of hydrogen-bond acceptors (Lipinski definition) is 3. The van der Waals surface area contributed by atoms with E-state index < -0.39 is 6.09 Å². The molecule has 3 heterocycles. The first-order valence-corrected chi connectivity index (χ1v) is 13.4. The maximum atomic E-state index is 15.8. The van der Waals surface area contributed by atoms with Gasteiger partial charge in [0.15, 0.2) is 0 Å². The van der Waals surface area contributed by atoms with Gasteiger partial charge in [0.25, 0.3) is 0 Å². The summed E-state index contributed by atoms with van der Waals surface area (Å²) in [6, 6.07) is 7.18. The van der Waals surface area contributed by atoms with Gasteiger partial charge in [-0.05, 0) is 116 Å². The van der Waals surface area contributed by atoms with Crippen LogP contribution in [0.1, 0.15) is 68.3 Å². The highest BCUT2D eigenvalue weighted by Crippen LogP contribution is 2.52. The Bertz CT molecular complexity index is 1150. The van der Waals surface area contributed by atoms with E-state index in [4.69, 9.17) is 4.74 Å². The minimum atomic E-state index is -0.891. The molecule has 2 aromatic rings. The second kappa shape index (κ2) is 9.37. The third-order valence-corrected chi connectivity index (χ3v) is 8.61. The van der Waals surface area contributed by atoms with Gasteiger partial charge in [-0.1, -0.05) is 20.8 Å². The summed E-state index contributed by atoms with van der Waals surface area (Å²) in [7, 11) is 0. The lowest BCUT2D eigenvalue weighted by atomic mass is 9.79. The van der Waals surface area contributed by atoms with Crippen molar-refractivity contribution in [1.82, 2.24) is 9.80 Å². The molecule has 2 aromatic carbocycles. The van der Waals surface area contributed by atoms with Crippen molar-refractivity contribution < 1.29 is 19.0 Å². The van der Waals surface area contributed by atoms with E-state index in [1.165, 1.54) is 0 Å². The van der Waals surface area contributed by atoms with Crippen LogP contribution >= 0.6 is 0 Å². The van der Waals surface area contributed by atoms with E-state index in [2.05, 4.69) is 25.7 Å². The number of ether oxygens (including phenoxy) is 1. The molecule has 1 amide bonds. The number of halogens is 1. The fraction of sp³-hybridized carbons (Fsp3) is 0.567. The number of amides is 1.